The van der Waals surface area contributed by atoms with E-state index in [2.05, 4.69) is 52.6 Å². The Morgan fingerprint density at radius 3 is 2.91 bits per heavy atom. The van der Waals surface area contributed by atoms with Crippen LogP contribution in [-0.4, -0.2) is 40.5 Å². The first-order valence-corrected chi connectivity index (χ1v) is 8.33. The monoisotopic (exact) mass is 311 g/mol. The van der Waals surface area contributed by atoms with Gasteiger partial charge in [-0.25, -0.2) is 0 Å². The van der Waals surface area contributed by atoms with E-state index in [1.807, 2.05) is 24.0 Å². The van der Waals surface area contributed by atoms with Crippen LogP contribution in [0.4, 0.5) is 0 Å². The van der Waals surface area contributed by atoms with Crippen LogP contribution in [0.25, 0.3) is 6.08 Å². The summed E-state index contributed by atoms with van der Waals surface area (Å²) in [5.41, 5.74) is 2.49. The summed E-state index contributed by atoms with van der Waals surface area (Å²) in [7, 11) is 1.96. The first-order chi connectivity index (χ1) is 11.3. The standard InChI is InChI=1S/C19H25N3O/c1-21-14-18(13-20-21)15-22(16-19-10-6-12-23-19)11-5-9-17-7-3-2-4-8-17/h2-5,7-9,13-14,19H,6,10-12,15-16H2,1H3. The summed E-state index contributed by atoms with van der Waals surface area (Å²) in [4.78, 5) is 2.44. The molecule has 4 nitrogen and oxygen atoms in total. The average Bonchev–Trinajstić information content (AvgIpc) is 3.20. The fourth-order valence-corrected chi connectivity index (χ4v) is 2.99. The quantitative estimate of drug-likeness (QED) is 0.787. The third-order valence-corrected chi connectivity index (χ3v) is 4.12. The number of benzene rings is 1. The Balaban J connectivity index is 1.60. The highest BCUT2D eigenvalue weighted by Crippen LogP contribution is 2.15. The second kappa shape index (κ2) is 8.09. The van der Waals surface area contributed by atoms with Crippen LogP contribution in [0.3, 0.4) is 0 Å². The number of aromatic nitrogens is 2. The van der Waals surface area contributed by atoms with E-state index in [1.54, 1.807) is 0 Å². The molecule has 2 aromatic rings. The normalized spacial score (nSPS) is 18.3. The van der Waals surface area contributed by atoms with Crippen molar-refractivity contribution in [1.82, 2.24) is 14.7 Å². The summed E-state index contributed by atoms with van der Waals surface area (Å²) < 4.78 is 7.66. The molecule has 1 aromatic heterocycles. The highest BCUT2D eigenvalue weighted by molar-refractivity contribution is 5.48. The number of rotatable bonds is 7. The maximum Gasteiger partial charge on any atom is 0.0703 e. The van der Waals surface area contributed by atoms with Gasteiger partial charge in [0.25, 0.3) is 0 Å². The van der Waals surface area contributed by atoms with E-state index < -0.39 is 0 Å². The van der Waals surface area contributed by atoms with Gasteiger partial charge in [-0.05, 0) is 18.4 Å². The summed E-state index contributed by atoms with van der Waals surface area (Å²) in [5, 5.41) is 4.27. The Bertz CT molecular complexity index is 615. The summed E-state index contributed by atoms with van der Waals surface area (Å²) in [6, 6.07) is 10.4. The lowest BCUT2D eigenvalue weighted by Gasteiger charge is -2.23. The molecule has 1 saturated heterocycles. The van der Waals surface area contributed by atoms with Crippen molar-refractivity contribution in [2.24, 2.45) is 7.05 Å². The third kappa shape index (κ3) is 5.05. The molecule has 0 bridgehead atoms. The highest BCUT2D eigenvalue weighted by atomic mass is 16.5. The minimum atomic E-state index is 0.372. The van der Waals surface area contributed by atoms with Crippen molar-refractivity contribution >= 4 is 6.08 Å². The predicted molar refractivity (Wildman–Crippen MR) is 92.9 cm³/mol. The van der Waals surface area contributed by atoms with Crippen molar-refractivity contribution in [3.05, 3.63) is 59.9 Å². The van der Waals surface area contributed by atoms with Gasteiger partial charge in [-0.2, -0.15) is 5.10 Å². The Labute approximate surface area is 138 Å². The SMILES string of the molecule is Cn1cc(CN(CC=Cc2ccccc2)CC2CCCO2)cn1. The first kappa shape index (κ1) is 16.0. The van der Waals surface area contributed by atoms with Gasteiger partial charge in [-0.15, -0.1) is 0 Å². The minimum Gasteiger partial charge on any atom is -0.377 e. The molecule has 0 saturated carbocycles. The lowest BCUT2D eigenvalue weighted by Crippen LogP contribution is -2.31. The molecule has 1 fully saturated rings. The van der Waals surface area contributed by atoms with Gasteiger partial charge in [0, 0.05) is 45.0 Å². The van der Waals surface area contributed by atoms with E-state index in [9.17, 15) is 0 Å². The molecular weight excluding hydrogens is 286 g/mol. The molecule has 0 aliphatic carbocycles. The van der Waals surface area contributed by atoms with Crippen LogP contribution in [0.2, 0.25) is 0 Å². The predicted octanol–water partition coefficient (Wildman–Crippen LogP) is 3.11. The lowest BCUT2D eigenvalue weighted by molar-refractivity contribution is 0.0747. The molecule has 1 aliphatic rings. The van der Waals surface area contributed by atoms with Crippen LogP contribution in [-0.2, 0) is 18.3 Å². The molecule has 4 heteroatoms. The molecule has 1 unspecified atom stereocenters. The molecule has 0 amide bonds. The van der Waals surface area contributed by atoms with Crippen LogP contribution < -0.4 is 0 Å². The van der Waals surface area contributed by atoms with E-state index in [0.717, 1.165) is 26.2 Å². The first-order valence-electron chi connectivity index (χ1n) is 8.33. The van der Waals surface area contributed by atoms with Crippen LogP contribution in [0, 0.1) is 0 Å². The molecule has 23 heavy (non-hydrogen) atoms. The molecule has 1 aromatic carbocycles. The zero-order valence-electron chi connectivity index (χ0n) is 13.8. The fourth-order valence-electron chi connectivity index (χ4n) is 2.99. The van der Waals surface area contributed by atoms with Crippen LogP contribution in [0.5, 0.6) is 0 Å². The number of nitrogens with zero attached hydrogens (tertiary/aromatic N) is 3. The number of aryl methyl sites for hydroxylation is 1. The fraction of sp³-hybridized carbons (Fsp3) is 0.421. The van der Waals surface area contributed by atoms with Gasteiger partial charge in [0.05, 0.1) is 12.3 Å². The summed E-state index contributed by atoms with van der Waals surface area (Å²) >= 11 is 0. The molecule has 1 atom stereocenters. The Hall–Kier alpha value is -1.91. The molecule has 0 N–H and O–H groups in total. The molecule has 0 radical (unpaired) electrons. The molecule has 122 valence electrons. The van der Waals surface area contributed by atoms with Gasteiger partial charge < -0.3 is 4.74 Å². The van der Waals surface area contributed by atoms with Gasteiger partial charge in [-0.3, -0.25) is 9.58 Å². The van der Waals surface area contributed by atoms with E-state index in [0.29, 0.717) is 6.10 Å². The largest absolute Gasteiger partial charge is 0.377 e. The number of hydrogen-bond donors (Lipinski definition) is 0. The molecular formula is C19H25N3O. The molecule has 3 rings (SSSR count). The summed E-state index contributed by atoms with van der Waals surface area (Å²) in [5.74, 6) is 0. The van der Waals surface area contributed by atoms with Crippen LogP contribution in [0.15, 0.2) is 48.8 Å². The van der Waals surface area contributed by atoms with Gasteiger partial charge in [0.2, 0.25) is 0 Å². The lowest BCUT2D eigenvalue weighted by atomic mass is 10.2. The van der Waals surface area contributed by atoms with E-state index >= 15 is 0 Å². The maximum absolute atomic E-state index is 5.80. The van der Waals surface area contributed by atoms with Crippen molar-refractivity contribution in [3.8, 4) is 0 Å². The second-order valence-corrected chi connectivity index (χ2v) is 6.16. The third-order valence-electron chi connectivity index (χ3n) is 4.12. The van der Waals surface area contributed by atoms with Crippen molar-refractivity contribution in [2.45, 2.75) is 25.5 Å². The van der Waals surface area contributed by atoms with Crippen molar-refractivity contribution in [2.75, 3.05) is 19.7 Å². The molecule has 0 spiro atoms. The smallest absolute Gasteiger partial charge is 0.0703 e. The average molecular weight is 311 g/mol. The van der Waals surface area contributed by atoms with Crippen molar-refractivity contribution < 1.29 is 4.74 Å². The molecule has 1 aliphatic heterocycles. The van der Waals surface area contributed by atoms with Crippen LogP contribution >= 0.6 is 0 Å². The summed E-state index contributed by atoms with van der Waals surface area (Å²) in [6.45, 7) is 3.72. The van der Waals surface area contributed by atoms with Gasteiger partial charge in [0.1, 0.15) is 0 Å². The van der Waals surface area contributed by atoms with Gasteiger partial charge >= 0.3 is 0 Å². The van der Waals surface area contributed by atoms with E-state index in [-0.39, 0.29) is 0 Å². The Morgan fingerprint density at radius 2 is 2.22 bits per heavy atom. The molecule has 2 heterocycles. The van der Waals surface area contributed by atoms with Gasteiger partial charge in [-0.1, -0.05) is 42.5 Å². The van der Waals surface area contributed by atoms with Crippen molar-refractivity contribution in [1.29, 1.82) is 0 Å². The number of ether oxygens (including phenoxy) is 1. The number of hydrogen-bond acceptors (Lipinski definition) is 3. The van der Waals surface area contributed by atoms with Gasteiger partial charge in [0.15, 0.2) is 0 Å². The van der Waals surface area contributed by atoms with E-state index in [4.69, 9.17) is 4.74 Å². The topological polar surface area (TPSA) is 30.3 Å². The zero-order valence-corrected chi connectivity index (χ0v) is 13.8. The Kier molecular flexibility index (Phi) is 5.61. The Morgan fingerprint density at radius 1 is 1.35 bits per heavy atom. The summed E-state index contributed by atoms with van der Waals surface area (Å²) in [6.07, 6.45) is 11.2. The highest BCUT2D eigenvalue weighted by Gasteiger charge is 2.19. The second-order valence-electron chi connectivity index (χ2n) is 6.16. The zero-order chi connectivity index (χ0) is 15.9. The minimum absolute atomic E-state index is 0.372. The van der Waals surface area contributed by atoms with Crippen LogP contribution in [0.1, 0.15) is 24.0 Å². The maximum atomic E-state index is 5.80. The van der Waals surface area contributed by atoms with E-state index in [1.165, 1.54) is 24.0 Å². The van der Waals surface area contributed by atoms with Crippen molar-refractivity contribution in [3.63, 3.8) is 0 Å².